The summed E-state index contributed by atoms with van der Waals surface area (Å²) in [6, 6.07) is 16.0. The Kier molecular flexibility index (Phi) is 10.1. The summed E-state index contributed by atoms with van der Waals surface area (Å²) in [5.41, 5.74) is 3.65. The van der Waals surface area contributed by atoms with E-state index in [2.05, 4.69) is 53.0 Å². The molecule has 0 atom stereocenters. The second-order valence-corrected chi connectivity index (χ2v) is 8.98. The molecule has 3 aromatic rings. The van der Waals surface area contributed by atoms with E-state index in [0.29, 0.717) is 23.8 Å². The predicted molar refractivity (Wildman–Crippen MR) is 151 cm³/mol. The molecule has 0 radical (unpaired) electrons. The lowest BCUT2D eigenvalue weighted by Crippen LogP contribution is -2.38. The van der Waals surface area contributed by atoms with Crippen LogP contribution >= 0.6 is 12.2 Å². The zero-order valence-electron chi connectivity index (χ0n) is 21.4. The first-order valence-corrected chi connectivity index (χ1v) is 13.0. The number of hydrogen-bond acceptors (Lipinski definition) is 4. The van der Waals surface area contributed by atoms with Crippen molar-refractivity contribution in [2.75, 3.05) is 38.1 Å². The minimum absolute atomic E-state index is 0.0700. The summed E-state index contributed by atoms with van der Waals surface area (Å²) >= 11 is 5.81. The number of aromatic nitrogens is 1. The van der Waals surface area contributed by atoms with Gasteiger partial charge in [0.05, 0.1) is 13.2 Å². The van der Waals surface area contributed by atoms with E-state index in [0.717, 1.165) is 61.4 Å². The van der Waals surface area contributed by atoms with Crippen molar-refractivity contribution in [2.45, 2.75) is 47.1 Å². The molecule has 1 heterocycles. The van der Waals surface area contributed by atoms with Crippen LogP contribution in [0.15, 0.2) is 53.3 Å². The highest BCUT2D eigenvalue weighted by Gasteiger charge is 2.15. The number of ether oxygens (including phenoxy) is 1. The molecule has 0 aliphatic heterocycles. The van der Waals surface area contributed by atoms with E-state index >= 15 is 0 Å². The van der Waals surface area contributed by atoms with E-state index in [9.17, 15) is 4.79 Å². The lowest BCUT2D eigenvalue weighted by molar-refractivity contribution is 0.281. The number of pyridine rings is 1. The van der Waals surface area contributed by atoms with Gasteiger partial charge in [-0.3, -0.25) is 4.79 Å². The van der Waals surface area contributed by atoms with Crippen LogP contribution in [0.5, 0.6) is 5.75 Å². The zero-order valence-corrected chi connectivity index (χ0v) is 22.2. The third kappa shape index (κ3) is 7.54. The van der Waals surface area contributed by atoms with Crippen molar-refractivity contribution in [2.24, 2.45) is 0 Å². The summed E-state index contributed by atoms with van der Waals surface area (Å²) in [5.74, 6) is 0.828. The maximum absolute atomic E-state index is 12.9. The van der Waals surface area contributed by atoms with Crippen molar-refractivity contribution in [3.63, 3.8) is 0 Å². The van der Waals surface area contributed by atoms with Gasteiger partial charge in [-0.2, -0.15) is 0 Å². The van der Waals surface area contributed by atoms with Crippen LogP contribution in [0.25, 0.3) is 10.9 Å². The largest absolute Gasteiger partial charge is 0.494 e. The number of rotatable bonds is 12. The number of aromatic amines is 1. The normalized spacial score (nSPS) is 11.1. The number of nitrogens with one attached hydrogen (secondary N) is 2. The summed E-state index contributed by atoms with van der Waals surface area (Å²) in [5, 5.41) is 5.00. The summed E-state index contributed by atoms with van der Waals surface area (Å²) in [6.07, 6.45) is 1.91. The molecule has 0 spiro atoms. The number of fused-ring (bicyclic) bond motifs is 1. The number of H-pyrrole nitrogens is 1. The standard InChI is InChI=1S/C28H38N4O2S/c1-5-21-10-15-26-22(18-21)19-23(27(33)30-26)20-32(17-9-16-31(6-2)7-3)28(35)29-24-11-13-25(14-12-24)34-8-4/h10-15,18-19H,5-9,16-17,20H2,1-4H3,(H,29,35)(H,30,33). The average molecular weight is 495 g/mol. The minimum atomic E-state index is -0.0700. The van der Waals surface area contributed by atoms with Gasteiger partial charge in [0.1, 0.15) is 5.75 Å². The van der Waals surface area contributed by atoms with Gasteiger partial charge in [0.25, 0.3) is 5.56 Å². The number of benzene rings is 2. The number of hydrogen-bond donors (Lipinski definition) is 2. The first-order chi connectivity index (χ1) is 17.0. The van der Waals surface area contributed by atoms with E-state index in [-0.39, 0.29) is 5.56 Å². The van der Waals surface area contributed by atoms with Crippen LogP contribution in [0.3, 0.4) is 0 Å². The monoisotopic (exact) mass is 494 g/mol. The van der Waals surface area contributed by atoms with Crippen LogP contribution in [0.1, 0.15) is 45.2 Å². The summed E-state index contributed by atoms with van der Waals surface area (Å²) < 4.78 is 5.54. The highest BCUT2D eigenvalue weighted by atomic mass is 32.1. The first-order valence-electron chi connectivity index (χ1n) is 12.6. The highest BCUT2D eigenvalue weighted by molar-refractivity contribution is 7.80. The van der Waals surface area contributed by atoms with E-state index in [4.69, 9.17) is 17.0 Å². The van der Waals surface area contributed by atoms with Gasteiger partial charge >= 0.3 is 0 Å². The van der Waals surface area contributed by atoms with E-state index in [1.807, 2.05) is 43.3 Å². The Bertz CT molecular complexity index is 1160. The Labute approximate surface area is 214 Å². The maximum Gasteiger partial charge on any atom is 0.253 e. The zero-order chi connectivity index (χ0) is 25.2. The van der Waals surface area contributed by atoms with E-state index in [1.165, 1.54) is 5.56 Å². The van der Waals surface area contributed by atoms with E-state index in [1.54, 1.807) is 0 Å². The third-order valence-corrected chi connectivity index (χ3v) is 6.62. The molecule has 0 fully saturated rings. The molecular formula is C28H38N4O2S. The molecule has 2 aromatic carbocycles. The summed E-state index contributed by atoms with van der Waals surface area (Å²) in [4.78, 5) is 20.4. The molecule has 0 aliphatic carbocycles. The predicted octanol–water partition coefficient (Wildman–Crippen LogP) is 5.42. The van der Waals surface area contributed by atoms with Crippen molar-refractivity contribution >= 4 is 33.9 Å². The lowest BCUT2D eigenvalue weighted by Gasteiger charge is -2.27. The van der Waals surface area contributed by atoms with Gasteiger partial charge in [0.15, 0.2) is 5.11 Å². The number of thiocarbonyl (C=S) groups is 1. The second kappa shape index (κ2) is 13.3. The van der Waals surface area contributed by atoms with Crippen molar-refractivity contribution in [3.05, 3.63) is 70.0 Å². The van der Waals surface area contributed by atoms with Crippen LogP contribution in [-0.2, 0) is 13.0 Å². The van der Waals surface area contributed by atoms with Crippen molar-refractivity contribution < 1.29 is 4.74 Å². The van der Waals surface area contributed by atoms with Gasteiger partial charge in [-0.15, -0.1) is 0 Å². The molecule has 0 saturated heterocycles. The molecule has 1 aromatic heterocycles. The van der Waals surface area contributed by atoms with Crippen molar-refractivity contribution in [3.8, 4) is 5.75 Å². The Morgan fingerprint density at radius 2 is 1.74 bits per heavy atom. The fraction of sp³-hybridized carbons (Fsp3) is 0.429. The molecule has 0 aliphatic rings. The SMILES string of the molecule is CCOc1ccc(NC(=S)N(CCCN(CC)CC)Cc2cc3cc(CC)ccc3[nH]c2=O)cc1. The number of nitrogens with zero attached hydrogens (tertiary/aromatic N) is 2. The molecule has 0 unspecified atom stereocenters. The molecule has 2 N–H and O–H groups in total. The van der Waals surface area contributed by atoms with Crippen LogP contribution < -0.4 is 15.6 Å². The lowest BCUT2D eigenvalue weighted by atomic mass is 10.1. The minimum Gasteiger partial charge on any atom is -0.494 e. The number of aryl methyl sites for hydroxylation is 1. The molecular weight excluding hydrogens is 456 g/mol. The second-order valence-electron chi connectivity index (χ2n) is 8.59. The van der Waals surface area contributed by atoms with Gasteiger partial charge in [0.2, 0.25) is 0 Å². The number of anilines is 1. The molecule has 3 rings (SSSR count). The molecule has 0 bridgehead atoms. The topological polar surface area (TPSA) is 60.6 Å². The Balaban J connectivity index is 1.81. The van der Waals surface area contributed by atoms with E-state index < -0.39 is 0 Å². The molecule has 35 heavy (non-hydrogen) atoms. The highest BCUT2D eigenvalue weighted by Crippen LogP contribution is 2.18. The van der Waals surface area contributed by atoms with Crippen LogP contribution in [-0.4, -0.2) is 52.7 Å². The first kappa shape index (κ1) is 26.7. The molecule has 188 valence electrons. The van der Waals surface area contributed by atoms with Gasteiger partial charge in [0, 0.05) is 23.3 Å². The Hall–Kier alpha value is -2.90. The maximum atomic E-state index is 12.9. The van der Waals surface area contributed by atoms with Gasteiger partial charge in [-0.1, -0.05) is 26.8 Å². The fourth-order valence-corrected chi connectivity index (χ4v) is 4.40. The van der Waals surface area contributed by atoms with Crippen LogP contribution in [0.4, 0.5) is 5.69 Å². The summed E-state index contributed by atoms with van der Waals surface area (Å²) in [6.45, 7) is 13.3. The molecule has 0 saturated carbocycles. The van der Waals surface area contributed by atoms with Crippen molar-refractivity contribution in [1.82, 2.24) is 14.8 Å². The summed E-state index contributed by atoms with van der Waals surface area (Å²) in [7, 11) is 0. The van der Waals surface area contributed by atoms with Gasteiger partial charge in [-0.25, -0.2) is 0 Å². The fourth-order valence-electron chi connectivity index (χ4n) is 4.13. The molecule has 0 amide bonds. The average Bonchev–Trinajstić information content (AvgIpc) is 2.87. The Morgan fingerprint density at radius 3 is 2.40 bits per heavy atom. The quantitative estimate of drug-likeness (QED) is 0.328. The Morgan fingerprint density at radius 1 is 1.00 bits per heavy atom. The van der Waals surface area contributed by atoms with Crippen LogP contribution in [0.2, 0.25) is 0 Å². The van der Waals surface area contributed by atoms with Gasteiger partial charge in [-0.05, 0) is 105 Å². The molecule has 6 nitrogen and oxygen atoms in total. The third-order valence-electron chi connectivity index (χ3n) is 6.26. The smallest absolute Gasteiger partial charge is 0.253 e. The van der Waals surface area contributed by atoms with Crippen molar-refractivity contribution in [1.29, 1.82) is 0 Å². The van der Waals surface area contributed by atoms with Crippen LogP contribution in [0, 0.1) is 0 Å². The van der Waals surface area contributed by atoms with Gasteiger partial charge < -0.3 is 24.8 Å². The molecule has 7 heteroatoms.